The van der Waals surface area contributed by atoms with Crippen molar-refractivity contribution in [3.63, 3.8) is 0 Å². The molecule has 6 nitrogen and oxygen atoms in total. The van der Waals surface area contributed by atoms with E-state index in [0.717, 1.165) is 11.1 Å². The number of sulfonamides is 1. The van der Waals surface area contributed by atoms with Crippen LogP contribution in [0.3, 0.4) is 0 Å². The maximum absolute atomic E-state index is 11.6. The molecule has 0 unspecified atom stereocenters. The summed E-state index contributed by atoms with van der Waals surface area (Å²) in [6.45, 7) is 1.77. The lowest BCUT2D eigenvalue weighted by Crippen LogP contribution is -2.14. The Morgan fingerprint density at radius 3 is 2.46 bits per heavy atom. The van der Waals surface area contributed by atoms with Crippen LogP contribution in [0.5, 0.6) is 5.75 Å². The zero-order valence-electron chi connectivity index (χ0n) is 13.7. The Bertz CT molecular complexity index is 1120. The van der Waals surface area contributed by atoms with Crippen LogP contribution in [0, 0.1) is 6.92 Å². The molecule has 0 aliphatic heterocycles. The first-order valence-corrected chi connectivity index (χ1v) is 9.77. The van der Waals surface area contributed by atoms with Crippen LogP contribution in [-0.2, 0) is 16.6 Å². The maximum atomic E-state index is 11.6. The van der Waals surface area contributed by atoms with E-state index in [2.05, 4.69) is 4.98 Å². The number of para-hydroxylation sites is 1. The number of nitrogens with two attached hydrogens (primary N) is 2. The summed E-state index contributed by atoms with van der Waals surface area (Å²) in [5.74, 6) is 0.478. The van der Waals surface area contributed by atoms with Gasteiger partial charge in [0.1, 0.15) is 22.8 Å². The summed E-state index contributed by atoms with van der Waals surface area (Å²) in [6, 6.07) is 9.80. The first-order valence-electron chi connectivity index (χ1n) is 7.47. The number of nitrogen functional groups attached to an aromatic ring is 1. The highest BCUT2D eigenvalue weighted by Gasteiger charge is 2.19. The van der Waals surface area contributed by atoms with Gasteiger partial charge in [0.2, 0.25) is 10.0 Å². The van der Waals surface area contributed by atoms with Crippen molar-refractivity contribution in [3.05, 3.63) is 57.7 Å². The van der Waals surface area contributed by atoms with Gasteiger partial charge in [-0.05, 0) is 31.2 Å². The molecule has 2 aromatic carbocycles. The van der Waals surface area contributed by atoms with Crippen LogP contribution < -0.4 is 15.6 Å². The fraction of sp³-hybridized carbons (Fsp3) is 0.211. The normalized spacial score (nSPS) is 10.9. The van der Waals surface area contributed by atoms with E-state index in [1.165, 1.54) is 12.1 Å². The number of rotatable bonds is 4. The Hall–Kier alpha value is -2.06. The average Bonchev–Trinajstić information content (AvgIpc) is 2.53. The predicted octanol–water partition coefficient (Wildman–Crippen LogP) is 4.93. The molecule has 0 saturated carbocycles. The highest BCUT2D eigenvalue weighted by Crippen LogP contribution is 2.33. The van der Waals surface area contributed by atoms with Crippen LogP contribution in [0.15, 0.2) is 41.3 Å². The number of primary sulfonamides is 1. The molecule has 1 heterocycles. The van der Waals surface area contributed by atoms with E-state index in [0.29, 0.717) is 22.5 Å². The SMILES string of the molecule is C.C.Cc1cc(N)c2cccc(OCc3c(Cl)ccc(S(N)(=O)=O)c3Cl)c2n1. The monoisotopic (exact) mass is 443 g/mol. The highest BCUT2D eigenvalue weighted by atomic mass is 35.5. The fourth-order valence-electron chi connectivity index (χ4n) is 2.58. The molecule has 0 fully saturated rings. The lowest BCUT2D eigenvalue weighted by atomic mass is 10.1. The second-order valence-electron chi connectivity index (χ2n) is 5.68. The maximum Gasteiger partial charge on any atom is 0.239 e. The van der Waals surface area contributed by atoms with E-state index in [-0.39, 0.29) is 36.4 Å². The van der Waals surface area contributed by atoms with Crippen LogP contribution in [-0.4, -0.2) is 13.4 Å². The molecule has 0 spiro atoms. The quantitative estimate of drug-likeness (QED) is 0.593. The molecule has 0 saturated heterocycles. The smallest absolute Gasteiger partial charge is 0.239 e. The summed E-state index contributed by atoms with van der Waals surface area (Å²) in [5, 5.41) is 6.13. The number of nitrogens with zero attached hydrogens (tertiary/aromatic N) is 1. The van der Waals surface area contributed by atoms with Crippen molar-refractivity contribution < 1.29 is 13.2 Å². The summed E-state index contributed by atoms with van der Waals surface area (Å²) >= 11 is 12.3. The van der Waals surface area contributed by atoms with Crippen LogP contribution >= 0.6 is 23.2 Å². The zero-order valence-corrected chi connectivity index (χ0v) is 16.0. The van der Waals surface area contributed by atoms with E-state index in [1.807, 2.05) is 13.0 Å². The van der Waals surface area contributed by atoms with Gasteiger partial charge in [0.25, 0.3) is 0 Å². The van der Waals surface area contributed by atoms with Gasteiger partial charge in [0, 0.05) is 27.4 Å². The molecule has 9 heteroatoms. The number of fused-ring (bicyclic) bond motifs is 1. The fourth-order valence-corrected chi connectivity index (χ4v) is 4.01. The van der Waals surface area contributed by atoms with Crippen molar-refractivity contribution in [1.29, 1.82) is 0 Å². The highest BCUT2D eigenvalue weighted by molar-refractivity contribution is 7.89. The minimum atomic E-state index is -3.98. The summed E-state index contributed by atoms with van der Waals surface area (Å²) < 4.78 is 29.1. The molecule has 0 aliphatic carbocycles. The summed E-state index contributed by atoms with van der Waals surface area (Å²) in [7, 11) is -3.98. The number of ether oxygens (including phenoxy) is 1. The lowest BCUT2D eigenvalue weighted by Gasteiger charge is -2.14. The molecule has 0 bridgehead atoms. The van der Waals surface area contributed by atoms with Gasteiger partial charge in [-0.2, -0.15) is 0 Å². The molecule has 3 aromatic rings. The van der Waals surface area contributed by atoms with Gasteiger partial charge < -0.3 is 10.5 Å². The van der Waals surface area contributed by atoms with E-state index in [4.69, 9.17) is 38.8 Å². The molecule has 0 radical (unpaired) electrons. The summed E-state index contributed by atoms with van der Waals surface area (Å²) in [5.41, 5.74) is 8.28. The third kappa shape index (κ3) is 4.67. The van der Waals surface area contributed by atoms with Crippen LogP contribution in [0.1, 0.15) is 26.1 Å². The van der Waals surface area contributed by atoms with E-state index in [9.17, 15) is 8.42 Å². The molecule has 152 valence electrons. The standard InChI is InChI=1S/C17H15Cl2N3O3S.2CH4/c1-9-7-13(20)10-3-2-4-14(17(10)22-9)25-8-11-12(18)5-6-15(16(11)19)26(21,23)24;;/h2-7H,8H2,1H3,(H2,20,22)(H2,21,23,24);2*1H4. The van der Waals surface area contributed by atoms with Crippen LogP contribution in [0.25, 0.3) is 10.9 Å². The zero-order chi connectivity index (χ0) is 19.1. The van der Waals surface area contributed by atoms with Crippen molar-refractivity contribution >= 4 is 49.8 Å². The number of hydrogen-bond donors (Lipinski definition) is 2. The number of aromatic nitrogens is 1. The third-order valence-corrected chi connectivity index (χ3v) is 5.64. The predicted molar refractivity (Wildman–Crippen MR) is 117 cm³/mol. The molecule has 0 aliphatic rings. The van der Waals surface area contributed by atoms with Gasteiger partial charge in [-0.1, -0.05) is 50.2 Å². The van der Waals surface area contributed by atoms with Crippen molar-refractivity contribution in [2.75, 3.05) is 5.73 Å². The Kier molecular flexibility index (Phi) is 7.67. The number of halogens is 2. The largest absolute Gasteiger partial charge is 0.487 e. The van der Waals surface area contributed by atoms with Crippen LogP contribution in [0.4, 0.5) is 5.69 Å². The minimum absolute atomic E-state index is 0. The number of anilines is 1. The Morgan fingerprint density at radius 1 is 1.14 bits per heavy atom. The lowest BCUT2D eigenvalue weighted by molar-refractivity contribution is 0.309. The second kappa shape index (κ2) is 8.96. The van der Waals surface area contributed by atoms with Gasteiger partial charge in [0.15, 0.2) is 0 Å². The molecular formula is C19H23Cl2N3O3S. The number of benzene rings is 2. The van der Waals surface area contributed by atoms with Gasteiger partial charge in [-0.3, -0.25) is 0 Å². The molecule has 0 amide bonds. The Balaban J connectivity index is 0.00000196. The van der Waals surface area contributed by atoms with Gasteiger partial charge in [0.05, 0.1) is 5.02 Å². The molecule has 28 heavy (non-hydrogen) atoms. The molecule has 0 atom stereocenters. The van der Waals surface area contributed by atoms with E-state index in [1.54, 1.807) is 18.2 Å². The van der Waals surface area contributed by atoms with E-state index < -0.39 is 10.0 Å². The molecule has 4 N–H and O–H groups in total. The van der Waals surface area contributed by atoms with Gasteiger partial charge in [-0.25, -0.2) is 18.5 Å². The summed E-state index contributed by atoms with van der Waals surface area (Å²) in [4.78, 5) is 4.25. The number of aryl methyl sites for hydroxylation is 1. The molecule has 1 aromatic heterocycles. The molecular weight excluding hydrogens is 421 g/mol. The van der Waals surface area contributed by atoms with Crippen molar-refractivity contribution in [1.82, 2.24) is 4.98 Å². The van der Waals surface area contributed by atoms with Gasteiger partial charge >= 0.3 is 0 Å². The van der Waals surface area contributed by atoms with Crippen molar-refractivity contribution in [3.8, 4) is 5.75 Å². The molecule has 3 rings (SSSR count). The van der Waals surface area contributed by atoms with Crippen molar-refractivity contribution in [2.45, 2.75) is 33.3 Å². The third-order valence-electron chi connectivity index (χ3n) is 3.79. The minimum Gasteiger partial charge on any atom is -0.487 e. The first kappa shape index (κ1) is 24.0. The second-order valence-corrected chi connectivity index (χ2v) is 7.99. The Labute approximate surface area is 175 Å². The van der Waals surface area contributed by atoms with E-state index >= 15 is 0 Å². The summed E-state index contributed by atoms with van der Waals surface area (Å²) in [6.07, 6.45) is 0. The Morgan fingerprint density at radius 2 is 1.82 bits per heavy atom. The topological polar surface area (TPSA) is 108 Å². The van der Waals surface area contributed by atoms with Crippen LogP contribution in [0.2, 0.25) is 10.0 Å². The number of hydrogen-bond acceptors (Lipinski definition) is 5. The van der Waals surface area contributed by atoms with Gasteiger partial charge in [-0.15, -0.1) is 0 Å². The number of pyridine rings is 1. The first-order chi connectivity index (χ1) is 12.2. The van der Waals surface area contributed by atoms with Crippen molar-refractivity contribution in [2.24, 2.45) is 5.14 Å². The average molecular weight is 444 g/mol.